The molecule has 0 aliphatic carbocycles. The van der Waals surface area contributed by atoms with Crippen LogP contribution in [0.2, 0.25) is 0 Å². The number of fused-ring (bicyclic) bond motifs is 1. The van der Waals surface area contributed by atoms with E-state index in [1.54, 1.807) is 0 Å². The fraction of sp³-hybridized carbons (Fsp3) is 0.500. The van der Waals surface area contributed by atoms with Crippen LogP contribution in [0.3, 0.4) is 0 Å². The van der Waals surface area contributed by atoms with E-state index in [1.165, 1.54) is 12.1 Å². The van der Waals surface area contributed by atoms with E-state index in [-0.39, 0.29) is 5.56 Å². The normalized spacial score (nSPS) is 16.9. The summed E-state index contributed by atoms with van der Waals surface area (Å²) in [4.78, 5) is 0. The third-order valence-electron chi connectivity index (χ3n) is 2.65. The lowest BCUT2D eigenvalue weighted by atomic mass is 10.1. The van der Waals surface area contributed by atoms with E-state index in [1.807, 2.05) is 0 Å². The van der Waals surface area contributed by atoms with Crippen molar-refractivity contribution in [2.75, 3.05) is 13.2 Å². The van der Waals surface area contributed by atoms with Crippen LogP contribution >= 0.6 is 15.9 Å². The monoisotopic (exact) mass is 340 g/mol. The predicted octanol–water partition coefficient (Wildman–Crippen LogP) is 3.60. The van der Waals surface area contributed by atoms with Crippen LogP contribution in [0, 0.1) is 0 Å². The maximum absolute atomic E-state index is 12.3. The SMILES string of the molecule is OC(CC(F)(F)F)c1cc2c(cc1Br)OCCCO2. The molecule has 0 fully saturated rings. The molecule has 0 aromatic heterocycles. The second kappa shape index (κ2) is 5.58. The molecule has 1 unspecified atom stereocenters. The first kappa shape index (κ1) is 14.5. The van der Waals surface area contributed by atoms with Crippen molar-refractivity contribution >= 4 is 15.9 Å². The molecule has 1 aliphatic rings. The molecule has 3 nitrogen and oxygen atoms in total. The Labute approximate surface area is 116 Å². The van der Waals surface area contributed by atoms with Crippen molar-refractivity contribution in [2.24, 2.45) is 0 Å². The molecule has 0 bridgehead atoms. The molecule has 0 saturated carbocycles. The van der Waals surface area contributed by atoms with Crippen LogP contribution < -0.4 is 9.47 Å². The lowest BCUT2D eigenvalue weighted by Gasteiger charge is -2.17. The second-order valence-electron chi connectivity index (χ2n) is 4.21. The van der Waals surface area contributed by atoms with Crippen molar-refractivity contribution in [2.45, 2.75) is 25.1 Å². The Hall–Kier alpha value is -0.950. The van der Waals surface area contributed by atoms with Crippen LogP contribution in [0.15, 0.2) is 16.6 Å². The summed E-state index contributed by atoms with van der Waals surface area (Å²) in [6.07, 6.45) is -6.66. The minimum atomic E-state index is -4.43. The zero-order valence-corrected chi connectivity index (χ0v) is 11.4. The molecule has 1 aromatic carbocycles. The first-order chi connectivity index (χ1) is 8.87. The van der Waals surface area contributed by atoms with Crippen LogP contribution in [0.5, 0.6) is 11.5 Å². The van der Waals surface area contributed by atoms with Crippen LogP contribution in [0.4, 0.5) is 13.2 Å². The van der Waals surface area contributed by atoms with Gasteiger partial charge in [-0.25, -0.2) is 0 Å². The molecule has 1 N–H and O–H groups in total. The van der Waals surface area contributed by atoms with Gasteiger partial charge in [-0.2, -0.15) is 13.2 Å². The second-order valence-corrected chi connectivity index (χ2v) is 5.06. The number of hydrogen-bond donors (Lipinski definition) is 1. The molecule has 2 rings (SSSR count). The Morgan fingerprint density at radius 1 is 1.21 bits per heavy atom. The van der Waals surface area contributed by atoms with Crippen LogP contribution in [0.1, 0.15) is 24.5 Å². The van der Waals surface area contributed by atoms with E-state index in [0.29, 0.717) is 35.6 Å². The summed E-state index contributed by atoms with van der Waals surface area (Å²) in [5.74, 6) is 0.823. The van der Waals surface area contributed by atoms with Crippen molar-refractivity contribution in [1.29, 1.82) is 0 Å². The van der Waals surface area contributed by atoms with Gasteiger partial charge in [-0.15, -0.1) is 0 Å². The van der Waals surface area contributed by atoms with Gasteiger partial charge in [0.05, 0.1) is 25.7 Å². The van der Waals surface area contributed by atoms with Crippen molar-refractivity contribution in [3.8, 4) is 11.5 Å². The standard InChI is InChI=1S/C12H12BrF3O3/c13-8-5-11-10(18-2-1-3-19-11)4-7(8)9(17)6-12(14,15)16/h4-5,9,17H,1-3,6H2. The van der Waals surface area contributed by atoms with E-state index in [9.17, 15) is 18.3 Å². The summed E-state index contributed by atoms with van der Waals surface area (Å²) in [5.41, 5.74) is 0.140. The van der Waals surface area contributed by atoms with E-state index in [0.717, 1.165) is 0 Å². The smallest absolute Gasteiger partial charge is 0.391 e. The van der Waals surface area contributed by atoms with E-state index in [2.05, 4.69) is 15.9 Å². The molecule has 106 valence electrons. The zero-order chi connectivity index (χ0) is 14.0. The Kier molecular flexibility index (Phi) is 4.25. The first-order valence-electron chi connectivity index (χ1n) is 5.70. The maximum Gasteiger partial charge on any atom is 0.391 e. The summed E-state index contributed by atoms with van der Waals surface area (Å²) in [6, 6.07) is 2.91. The van der Waals surface area contributed by atoms with Gasteiger partial charge in [0.25, 0.3) is 0 Å². The summed E-state index contributed by atoms with van der Waals surface area (Å²) in [5, 5.41) is 9.66. The molecule has 0 amide bonds. The Morgan fingerprint density at radius 3 is 2.37 bits per heavy atom. The van der Waals surface area contributed by atoms with Crippen LogP contribution in [0.25, 0.3) is 0 Å². The summed E-state index contributed by atoms with van der Waals surface area (Å²) in [6.45, 7) is 0.924. The van der Waals surface area contributed by atoms with Crippen molar-refractivity contribution in [3.05, 3.63) is 22.2 Å². The summed E-state index contributed by atoms with van der Waals surface area (Å²) >= 11 is 3.15. The van der Waals surface area contributed by atoms with Gasteiger partial charge in [0, 0.05) is 10.9 Å². The molecule has 19 heavy (non-hydrogen) atoms. The van der Waals surface area contributed by atoms with Gasteiger partial charge >= 0.3 is 6.18 Å². The van der Waals surface area contributed by atoms with Gasteiger partial charge in [-0.05, 0) is 17.7 Å². The highest BCUT2D eigenvalue weighted by molar-refractivity contribution is 9.10. The molecule has 7 heteroatoms. The number of hydrogen-bond acceptors (Lipinski definition) is 3. The molecule has 1 heterocycles. The number of halogens is 4. The van der Waals surface area contributed by atoms with E-state index < -0.39 is 18.7 Å². The highest BCUT2D eigenvalue weighted by Crippen LogP contribution is 2.40. The van der Waals surface area contributed by atoms with Crippen molar-refractivity contribution < 1.29 is 27.8 Å². The third kappa shape index (κ3) is 3.76. The first-order valence-corrected chi connectivity index (χ1v) is 6.50. The minimum Gasteiger partial charge on any atom is -0.490 e. The quantitative estimate of drug-likeness (QED) is 0.893. The summed E-state index contributed by atoms with van der Waals surface area (Å²) in [7, 11) is 0. The number of aliphatic hydroxyl groups excluding tert-OH is 1. The van der Waals surface area contributed by atoms with Gasteiger partial charge in [0.15, 0.2) is 11.5 Å². The Balaban J connectivity index is 2.28. The molecular weight excluding hydrogens is 329 g/mol. The average molecular weight is 341 g/mol. The van der Waals surface area contributed by atoms with E-state index in [4.69, 9.17) is 9.47 Å². The van der Waals surface area contributed by atoms with Crippen molar-refractivity contribution in [3.63, 3.8) is 0 Å². The number of rotatable bonds is 2. The third-order valence-corrected chi connectivity index (χ3v) is 3.34. The average Bonchev–Trinajstić information content (AvgIpc) is 2.50. The van der Waals surface area contributed by atoms with Gasteiger partial charge < -0.3 is 14.6 Å². The molecule has 0 saturated heterocycles. The molecule has 1 atom stereocenters. The minimum absolute atomic E-state index is 0.140. The molecular formula is C12H12BrF3O3. The number of aliphatic hydroxyl groups is 1. The van der Waals surface area contributed by atoms with Crippen molar-refractivity contribution in [1.82, 2.24) is 0 Å². The lowest BCUT2D eigenvalue weighted by molar-refractivity contribution is -0.154. The number of benzene rings is 1. The number of alkyl halides is 3. The predicted molar refractivity (Wildman–Crippen MR) is 65.4 cm³/mol. The molecule has 1 aromatic rings. The maximum atomic E-state index is 12.3. The fourth-order valence-corrected chi connectivity index (χ4v) is 2.37. The highest BCUT2D eigenvalue weighted by Gasteiger charge is 2.33. The Bertz CT molecular complexity index is 462. The molecule has 1 aliphatic heterocycles. The molecule has 0 radical (unpaired) electrons. The number of ether oxygens (including phenoxy) is 2. The van der Waals surface area contributed by atoms with Crippen LogP contribution in [-0.2, 0) is 0 Å². The Morgan fingerprint density at radius 2 is 1.79 bits per heavy atom. The zero-order valence-electron chi connectivity index (χ0n) is 9.84. The molecule has 0 spiro atoms. The highest BCUT2D eigenvalue weighted by atomic mass is 79.9. The van der Waals surface area contributed by atoms with Gasteiger partial charge in [-0.1, -0.05) is 15.9 Å². The fourth-order valence-electron chi connectivity index (χ4n) is 1.78. The van der Waals surface area contributed by atoms with E-state index >= 15 is 0 Å². The topological polar surface area (TPSA) is 38.7 Å². The van der Waals surface area contributed by atoms with Gasteiger partial charge in [-0.3, -0.25) is 0 Å². The van der Waals surface area contributed by atoms with Crippen LogP contribution in [-0.4, -0.2) is 24.5 Å². The van der Waals surface area contributed by atoms with Gasteiger partial charge in [0.1, 0.15) is 0 Å². The largest absolute Gasteiger partial charge is 0.490 e. The lowest BCUT2D eigenvalue weighted by Crippen LogP contribution is -2.14. The summed E-state index contributed by atoms with van der Waals surface area (Å²) < 4.78 is 48.0. The van der Waals surface area contributed by atoms with Gasteiger partial charge in [0.2, 0.25) is 0 Å².